The highest BCUT2D eigenvalue weighted by Gasteiger charge is 2.29. The van der Waals surface area contributed by atoms with Gasteiger partial charge in [-0.2, -0.15) is 0 Å². The lowest BCUT2D eigenvalue weighted by molar-refractivity contribution is -0.145. The highest BCUT2D eigenvalue weighted by Crippen LogP contribution is 2.33. The van der Waals surface area contributed by atoms with Crippen LogP contribution in [-0.4, -0.2) is 48.2 Å². The van der Waals surface area contributed by atoms with Crippen LogP contribution < -0.4 is 14.8 Å². The highest BCUT2D eigenvalue weighted by atomic mass is 16.6. The fourth-order valence-electron chi connectivity index (χ4n) is 3.90. The van der Waals surface area contributed by atoms with Gasteiger partial charge >= 0.3 is 11.9 Å². The maximum absolute atomic E-state index is 13.5. The molecule has 3 rings (SSSR count). The first-order valence-electron chi connectivity index (χ1n) is 14.4. The molecule has 1 amide bonds. The topological polar surface area (TPSA) is 102 Å². The van der Waals surface area contributed by atoms with E-state index in [-0.39, 0.29) is 36.2 Å². The van der Waals surface area contributed by atoms with Gasteiger partial charge in [-0.15, -0.1) is 0 Å². The van der Waals surface area contributed by atoms with Crippen LogP contribution in [-0.2, 0) is 27.3 Å². The third-order valence-electron chi connectivity index (χ3n) is 6.47. The number of carbonyl (C=O) groups excluding carboxylic acids is 4. The van der Waals surface area contributed by atoms with Crippen molar-refractivity contribution in [1.29, 1.82) is 0 Å². The Morgan fingerprint density at radius 3 is 1.79 bits per heavy atom. The van der Waals surface area contributed by atoms with Gasteiger partial charge in [0.05, 0.1) is 23.8 Å². The van der Waals surface area contributed by atoms with E-state index in [2.05, 4.69) is 5.32 Å². The quantitative estimate of drug-likeness (QED) is 0.167. The summed E-state index contributed by atoms with van der Waals surface area (Å²) < 4.78 is 11.2. The molecule has 8 nitrogen and oxygen atoms in total. The normalized spacial score (nSPS) is 11.6. The average Bonchev–Trinajstić information content (AvgIpc) is 2.93. The number of nitrogens with zero attached hydrogens (tertiary/aromatic N) is 1. The summed E-state index contributed by atoms with van der Waals surface area (Å²) in [4.78, 5) is 53.3. The summed E-state index contributed by atoms with van der Waals surface area (Å²) in [6.45, 7) is 11.7. The molecular formula is C35H42N2O6. The Kier molecular flexibility index (Phi) is 11.4. The Morgan fingerprint density at radius 1 is 0.698 bits per heavy atom. The van der Waals surface area contributed by atoms with E-state index in [1.54, 1.807) is 47.6 Å². The molecule has 3 aromatic rings. The van der Waals surface area contributed by atoms with Crippen LogP contribution in [0, 0.1) is 10.8 Å². The maximum atomic E-state index is 13.5. The van der Waals surface area contributed by atoms with Gasteiger partial charge in [0.1, 0.15) is 0 Å². The second kappa shape index (κ2) is 14.7. The molecule has 3 aromatic carbocycles. The van der Waals surface area contributed by atoms with Crippen LogP contribution in [0.1, 0.15) is 63.0 Å². The third-order valence-corrected chi connectivity index (χ3v) is 6.47. The van der Waals surface area contributed by atoms with E-state index in [1.807, 2.05) is 65.6 Å². The second-order valence-corrected chi connectivity index (χ2v) is 12.6. The molecule has 0 aromatic heterocycles. The lowest BCUT2D eigenvalue weighted by Gasteiger charge is -2.23. The van der Waals surface area contributed by atoms with Crippen LogP contribution in [0.4, 0.5) is 0 Å². The van der Waals surface area contributed by atoms with E-state index in [4.69, 9.17) is 9.47 Å². The first kappa shape index (κ1) is 33.2. The van der Waals surface area contributed by atoms with Gasteiger partial charge in [0, 0.05) is 25.2 Å². The molecule has 0 atom stereocenters. The molecule has 1 N–H and O–H groups in total. The Morgan fingerprint density at radius 2 is 1.23 bits per heavy atom. The molecule has 228 valence electrons. The van der Waals surface area contributed by atoms with E-state index in [0.29, 0.717) is 25.2 Å². The summed E-state index contributed by atoms with van der Waals surface area (Å²) in [7, 11) is 0. The Hall–Kier alpha value is -4.30. The first-order valence-corrected chi connectivity index (χ1v) is 14.4. The second-order valence-electron chi connectivity index (χ2n) is 12.6. The lowest BCUT2D eigenvalue weighted by atomic mass is 9.97. The molecule has 0 unspecified atom stereocenters. The van der Waals surface area contributed by atoms with Crippen LogP contribution in [0.25, 0.3) is 0 Å². The molecule has 43 heavy (non-hydrogen) atoms. The number of Topliss-reactive ketones (excluding diaryl/α,β-unsaturated/α-hetero) is 1. The molecule has 0 saturated heterocycles. The molecule has 0 aliphatic rings. The van der Waals surface area contributed by atoms with Crippen molar-refractivity contribution in [3.63, 3.8) is 0 Å². The molecule has 8 heteroatoms. The van der Waals surface area contributed by atoms with Gasteiger partial charge in [-0.25, -0.2) is 0 Å². The van der Waals surface area contributed by atoms with Crippen molar-refractivity contribution in [2.45, 2.75) is 54.5 Å². The minimum atomic E-state index is -0.817. The molecule has 0 radical (unpaired) electrons. The van der Waals surface area contributed by atoms with Crippen LogP contribution in [0.5, 0.6) is 11.5 Å². The number of benzene rings is 3. The molecule has 0 spiro atoms. The summed E-state index contributed by atoms with van der Waals surface area (Å²) in [5, 5.41) is 2.95. The minimum Gasteiger partial charge on any atom is -0.422 e. The number of hydrogen-bond acceptors (Lipinski definition) is 7. The molecule has 0 saturated carbocycles. The summed E-state index contributed by atoms with van der Waals surface area (Å²) in [6.07, 6.45) is 0.278. The SMILES string of the molecule is CC(C)(C)C(=O)Oc1ccc(C(=O)CN(CCNC(=O)Cc2ccccc2)Cc2ccccc2)cc1OC(=O)C(C)(C)C. The van der Waals surface area contributed by atoms with Crippen molar-refractivity contribution >= 4 is 23.6 Å². The lowest BCUT2D eigenvalue weighted by Crippen LogP contribution is -2.38. The number of ether oxygens (including phenoxy) is 2. The van der Waals surface area contributed by atoms with Crippen molar-refractivity contribution < 1.29 is 28.7 Å². The van der Waals surface area contributed by atoms with Crippen LogP contribution in [0.2, 0.25) is 0 Å². The van der Waals surface area contributed by atoms with Crippen molar-refractivity contribution in [2.75, 3.05) is 19.6 Å². The zero-order valence-corrected chi connectivity index (χ0v) is 25.9. The number of esters is 2. The van der Waals surface area contributed by atoms with E-state index >= 15 is 0 Å². The van der Waals surface area contributed by atoms with Crippen molar-refractivity contribution in [1.82, 2.24) is 10.2 Å². The maximum Gasteiger partial charge on any atom is 0.316 e. The predicted octanol–water partition coefficient (Wildman–Crippen LogP) is 5.63. The summed E-state index contributed by atoms with van der Waals surface area (Å²) >= 11 is 0. The molecule has 0 aliphatic heterocycles. The molecule has 0 fully saturated rings. The number of ketones is 1. The summed E-state index contributed by atoms with van der Waals surface area (Å²) in [6, 6.07) is 23.7. The number of nitrogens with one attached hydrogen (secondary N) is 1. The Balaban J connectivity index is 1.77. The van der Waals surface area contributed by atoms with Crippen molar-refractivity contribution in [3.05, 3.63) is 95.6 Å². The first-order chi connectivity index (χ1) is 20.2. The van der Waals surface area contributed by atoms with E-state index in [1.165, 1.54) is 12.1 Å². The molecular weight excluding hydrogens is 544 g/mol. The monoisotopic (exact) mass is 586 g/mol. The number of rotatable bonds is 12. The Labute approximate surface area is 254 Å². The highest BCUT2D eigenvalue weighted by molar-refractivity contribution is 5.98. The van der Waals surface area contributed by atoms with Crippen LogP contribution in [0.15, 0.2) is 78.9 Å². The van der Waals surface area contributed by atoms with E-state index in [0.717, 1.165) is 11.1 Å². The van der Waals surface area contributed by atoms with Gasteiger partial charge in [-0.1, -0.05) is 60.7 Å². The van der Waals surface area contributed by atoms with Gasteiger partial charge in [-0.05, 0) is 70.9 Å². The standard InChI is InChI=1S/C35H42N2O6/c1-34(2,3)32(40)42-29-18-17-27(22-30(29)43-33(41)35(4,5)6)28(38)24-37(23-26-15-11-8-12-16-26)20-19-36-31(39)21-25-13-9-7-10-14-25/h7-18,22H,19-21,23-24H2,1-6H3,(H,36,39). The predicted molar refractivity (Wildman–Crippen MR) is 166 cm³/mol. The van der Waals surface area contributed by atoms with Gasteiger partial charge in [-0.3, -0.25) is 24.1 Å². The number of carbonyl (C=O) groups is 4. The zero-order valence-electron chi connectivity index (χ0n) is 25.9. The molecule has 0 bridgehead atoms. The zero-order chi connectivity index (χ0) is 31.6. The smallest absolute Gasteiger partial charge is 0.316 e. The molecule has 0 aliphatic carbocycles. The average molecular weight is 587 g/mol. The van der Waals surface area contributed by atoms with Gasteiger partial charge in [0.15, 0.2) is 17.3 Å². The number of hydrogen-bond donors (Lipinski definition) is 1. The summed E-state index contributed by atoms with van der Waals surface area (Å²) in [5.41, 5.74) is 0.654. The third kappa shape index (κ3) is 10.8. The van der Waals surface area contributed by atoms with E-state index in [9.17, 15) is 19.2 Å². The van der Waals surface area contributed by atoms with Crippen LogP contribution in [0.3, 0.4) is 0 Å². The van der Waals surface area contributed by atoms with Crippen molar-refractivity contribution in [3.8, 4) is 11.5 Å². The fraction of sp³-hybridized carbons (Fsp3) is 0.371. The molecule has 0 heterocycles. The van der Waals surface area contributed by atoms with Gasteiger partial charge in [0.25, 0.3) is 0 Å². The van der Waals surface area contributed by atoms with Gasteiger partial charge in [0.2, 0.25) is 5.91 Å². The largest absolute Gasteiger partial charge is 0.422 e. The number of amides is 1. The van der Waals surface area contributed by atoms with Crippen molar-refractivity contribution in [2.24, 2.45) is 10.8 Å². The van der Waals surface area contributed by atoms with Crippen LogP contribution >= 0.6 is 0 Å². The minimum absolute atomic E-state index is 0.00570. The summed E-state index contributed by atoms with van der Waals surface area (Å²) in [5.74, 6) is -1.26. The van der Waals surface area contributed by atoms with Gasteiger partial charge < -0.3 is 14.8 Å². The fourth-order valence-corrected chi connectivity index (χ4v) is 3.90. The Bertz CT molecular complexity index is 1410. The van der Waals surface area contributed by atoms with E-state index < -0.39 is 22.8 Å².